The molecule has 7 heteroatoms. The van der Waals surface area contributed by atoms with Crippen molar-refractivity contribution in [3.05, 3.63) is 42.5 Å². The number of aromatic nitrogens is 5. The average molecular weight is 252 g/mol. The zero-order valence-corrected chi connectivity index (χ0v) is 9.58. The molecule has 0 bridgehead atoms. The summed E-state index contributed by atoms with van der Waals surface area (Å²) in [4.78, 5) is 4.76. The van der Waals surface area contributed by atoms with Gasteiger partial charge < -0.3 is 9.77 Å². The monoisotopic (exact) mass is 251 g/mol. The summed E-state index contributed by atoms with van der Waals surface area (Å²) in [7, 11) is 0. The summed E-state index contributed by atoms with van der Waals surface area (Å²) in [5.41, 5.74) is 2.34. The average Bonchev–Trinajstić information content (AvgIpc) is 2.90. The first-order chi connectivity index (χ1) is 7.83. The van der Waals surface area contributed by atoms with Gasteiger partial charge in [-0.2, -0.15) is 0 Å². The molecule has 0 amide bonds. The lowest BCUT2D eigenvalue weighted by Crippen LogP contribution is -1.97. The first-order valence-electron chi connectivity index (χ1n) is 4.82. The van der Waals surface area contributed by atoms with Gasteiger partial charge in [0.25, 0.3) is 0 Å². The van der Waals surface area contributed by atoms with E-state index in [4.69, 9.17) is 0 Å². The fraction of sp³-hybridized carbons (Fsp3) is 0.100. The fourth-order valence-electron chi connectivity index (χ4n) is 1.64. The molecule has 88 valence electrons. The highest BCUT2D eigenvalue weighted by Crippen LogP contribution is 2.13. The van der Waals surface area contributed by atoms with Crippen LogP contribution in [0.1, 0.15) is 5.56 Å². The number of hydrogen-bond donors (Lipinski definition) is 1. The first-order valence-corrected chi connectivity index (χ1v) is 4.82. The van der Waals surface area contributed by atoms with Crippen molar-refractivity contribution in [1.82, 2.24) is 24.7 Å². The number of benzene rings is 1. The summed E-state index contributed by atoms with van der Waals surface area (Å²) in [6.45, 7) is 0.709. The van der Waals surface area contributed by atoms with Crippen LogP contribution >= 0.6 is 12.4 Å². The lowest BCUT2D eigenvalue weighted by Gasteiger charge is -2.02. The van der Waals surface area contributed by atoms with Gasteiger partial charge in [0.1, 0.15) is 11.0 Å². The Morgan fingerprint density at radius 1 is 1.29 bits per heavy atom. The fourth-order valence-corrected chi connectivity index (χ4v) is 1.64. The maximum absolute atomic E-state index is 9.39. The van der Waals surface area contributed by atoms with E-state index in [1.807, 2.05) is 29.0 Å². The summed E-state index contributed by atoms with van der Waals surface area (Å²) < 4.78 is 1.95. The van der Waals surface area contributed by atoms with E-state index in [0.29, 0.717) is 17.6 Å². The van der Waals surface area contributed by atoms with Crippen molar-refractivity contribution in [2.24, 2.45) is 0 Å². The topological polar surface area (TPSA) is 68.8 Å². The summed E-state index contributed by atoms with van der Waals surface area (Å²) >= 11 is 0. The Balaban J connectivity index is 0.00000108. The van der Waals surface area contributed by atoms with E-state index in [9.17, 15) is 5.21 Å². The molecule has 6 nitrogen and oxygen atoms in total. The highest BCUT2D eigenvalue weighted by Gasteiger charge is 2.04. The minimum absolute atomic E-state index is 0. The van der Waals surface area contributed by atoms with Crippen molar-refractivity contribution in [2.75, 3.05) is 0 Å². The molecule has 1 N–H and O–H groups in total. The second kappa shape index (κ2) is 4.42. The molecular weight excluding hydrogens is 242 g/mol. The van der Waals surface area contributed by atoms with Gasteiger partial charge in [-0.15, -0.1) is 17.5 Å². The van der Waals surface area contributed by atoms with E-state index in [0.717, 1.165) is 10.4 Å². The van der Waals surface area contributed by atoms with Gasteiger partial charge in [-0.05, 0) is 22.9 Å². The molecule has 0 radical (unpaired) electrons. The van der Waals surface area contributed by atoms with Crippen LogP contribution in [0, 0.1) is 0 Å². The lowest BCUT2D eigenvalue weighted by atomic mass is 10.2. The molecular formula is C10H10ClN5O. The Bertz CT molecular complexity index is 619. The molecule has 2 heterocycles. The van der Waals surface area contributed by atoms with E-state index >= 15 is 0 Å². The van der Waals surface area contributed by atoms with E-state index in [2.05, 4.69) is 15.3 Å². The van der Waals surface area contributed by atoms with E-state index in [1.54, 1.807) is 12.5 Å². The van der Waals surface area contributed by atoms with E-state index < -0.39 is 0 Å². The third-order valence-electron chi connectivity index (χ3n) is 2.42. The summed E-state index contributed by atoms with van der Waals surface area (Å²) in [6.07, 6.45) is 5.37. The zero-order chi connectivity index (χ0) is 11.0. The van der Waals surface area contributed by atoms with Crippen molar-refractivity contribution in [3.63, 3.8) is 0 Å². The van der Waals surface area contributed by atoms with Crippen LogP contribution in [0.3, 0.4) is 0 Å². The molecule has 0 saturated carbocycles. The number of nitrogens with zero attached hydrogens (tertiary/aromatic N) is 5. The van der Waals surface area contributed by atoms with Crippen molar-refractivity contribution >= 4 is 23.4 Å². The van der Waals surface area contributed by atoms with Crippen LogP contribution in [-0.2, 0) is 6.54 Å². The Labute approximate surface area is 103 Å². The number of hydrogen-bond acceptors (Lipinski definition) is 4. The molecule has 1 aromatic carbocycles. The predicted octanol–water partition coefficient (Wildman–Crippen LogP) is 1.34. The molecule has 0 aliphatic carbocycles. The molecule has 0 spiro atoms. The van der Waals surface area contributed by atoms with Gasteiger partial charge in [0.2, 0.25) is 0 Å². The van der Waals surface area contributed by atoms with Crippen molar-refractivity contribution in [2.45, 2.75) is 6.54 Å². The van der Waals surface area contributed by atoms with Crippen LogP contribution in [0.5, 0.6) is 0 Å². The van der Waals surface area contributed by atoms with Crippen LogP contribution < -0.4 is 0 Å². The normalized spacial score (nSPS) is 10.4. The van der Waals surface area contributed by atoms with Gasteiger partial charge in [0, 0.05) is 18.9 Å². The van der Waals surface area contributed by atoms with E-state index in [1.165, 1.54) is 0 Å². The number of halogens is 1. The molecule has 0 unspecified atom stereocenters. The SMILES string of the molecule is Cl.On1nnc2ccc(Cn3ccnc3)cc21. The molecule has 0 fully saturated rings. The number of fused-ring (bicyclic) bond motifs is 1. The van der Waals surface area contributed by atoms with Crippen LogP contribution in [0.2, 0.25) is 0 Å². The third kappa shape index (κ3) is 2.07. The minimum Gasteiger partial charge on any atom is -0.410 e. The summed E-state index contributed by atoms with van der Waals surface area (Å²) in [5, 5.41) is 16.7. The number of imidazole rings is 1. The molecule has 0 saturated heterocycles. The largest absolute Gasteiger partial charge is 0.410 e. The quantitative estimate of drug-likeness (QED) is 0.698. The second-order valence-corrected chi connectivity index (χ2v) is 3.54. The van der Waals surface area contributed by atoms with Crippen LogP contribution in [-0.4, -0.2) is 29.9 Å². The minimum atomic E-state index is 0. The second-order valence-electron chi connectivity index (χ2n) is 3.54. The zero-order valence-electron chi connectivity index (χ0n) is 8.76. The molecule has 0 aliphatic heterocycles. The van der Waals surface area contributed by atoms with Crippen LogP contribution in [0.4, 0.5) is 0 Å². The van der Waals surface area contributed by atoms with Crippen LogP contribution in [0.15, 0.2) is 36.9 Å². The predicted molar refractivity (Wildman–Crippen MR) is 63.3 cm³/mol. The van der Waals surface area contributed by atoms with Gasteiger partial charge >= 0.3 is 0 Å². The smallest absolute Gasteiger partial charge is 0.131 e. The van der Waals surface area contributed by atoms with Gasteiger partial charge in [-0.3, -0.25) is 0 Å². The highest BCUT2D eigenvalue weighted by atomic mass is 35.5. The molecule has 3 aromatic rings. The highest BCUT2D eigenvalue weighted by molar-refractivity contribution is 5.85. The third-order valence-corrected chi connectivity index (χ3v) is 2.42. The van der Waals surface area contributed by atoms with Crippen LogP contribution in [0.25, 0.3) is 11.0 Å². The summed E-state index contributed by atoms with van der Waals surface area (Å²) in [6, 6.07) is 5.65. The Morgan fingerprint density at radius 3 is 2.94 bits per heavy atom. The Morgan fingerprint density at radius 2 is 2.18 bits per heavy atom. The molecule has 2 aromatic heterocycles. The number of rotatable bonds is 2. The Kier molecular flexibility index (Phi) is 2.97. The van der Waals surface area contributed by atoms with Crippen molar-refractivity contribution < 1.29 is 5.21 Å². The van der Waals surface area contributed by atoms with Gasteiger partial charge in [-0.1, -0.05) is 10.9 Å². The molecule has 0 aliphatic rings. The van der Waals surface area contributed by atoms with Crippen molar-refractivity contribution in [3.8, 4) is 0 Å². The first kappa shape index (κ1) is 11.4. The standard InChI is InChI=1S/C10H9N5O.ClH/c16-15-10-5-8(1-2-9(10)12-13-15)6-14-4-3-11-7-14;/h1-5,7,16H,6H2;1H. The lowest BCUT2D eigenvalue weighted by molar-refractivity contribution is 0.154. The Hall–Kier alpha value is -2.08. The van der Waals surface area contributed by atoms with Gasteiger partial charge in [-0.25, -0.2) is 4.98 Å². The van der Waals surface area contributed by atoms with Gasteiger partial charge in [0.05, 0.1) is 6.33 Å². The maximum atomic E-state index is 9.39. The maximum Gasteiger partial charge on any atom is 0.131 e. The van der Waals surface area contributed by atoms with E-state index in [-0.39, 0.29) is 12.4 Å². The molecule has 17 heavy (non-hydrogen) atoms. The summed E-state index contributed by atoms with van der Waals surface area (Å²) in [5.74, 6) is 0. The molecule has 3 rings (SSSR count). The molecule has 0 atom stereocenters. The van der Waals surface area contributed by atoms with Gasteiger partial charge in [0.15, 0.2) is 0 Å². The van der Waals surface area contributed by atoms with Crippen molar-refractivity contribution in [1.29, 1.82) is 0 Å².